The third-order valence-electron chi connectivity index (χ3n) is 4.93. The van der Waals surface area contributed by atoms with Crippen LogP contribution in [0.1, 0.15) is 25.8 Å². The van der Waals surface area contributed by atoms with E-state index in [1.54, 1.807) is 0 Å². The zero-order chi connectivity index (χ0) is 26.4. The van der Waals surface area contributed by atoms with Gasteiger partial charge in [0, 0.05) is 11.6 Å². The standard InChI is InChI=1S/C23H19F4N5O2S2/c1-23(2,3)21-31-19(20(35-21)15-8-9-29-22(28)30-15)17-13(26)6-7-14(18(17)27)32-36(33,34)16-10-11(24)4-5-12(16)25/h4-10,32H,1-3H3,(H2,28,29,30). The van der Waals surface area contributed by atoms with E-state index in [1.807, 2.05) is 25.5 Å². The molecule has 0 saturated heterocycles. The second-order valence-corrected chi connectivity index (χ2v) is 11.4. The minimum absolute atomic E-state index is 0.0660. The van der Waals surface area contributed by atoms with Crippen LogP contribution in [0.15, 0.2) is 47.5 Å². The number of halogens is 4. The molecule has 0 fully saturated rings. The molecule has 0 atom stereocenters. The largest absolute Gasteiger partial charge is 0.368 e. The lowest BCUT2D eigenvalue weighted by Crippen LogP contribution is -2.16. The Morgan fingerprint density at radius 1 is 0.972 bits per heavy atom. The summed E-state index contributed by atoms with van der Waals surface area (Å²) in [5, 5.41) is 0.524. The molecule has 0 unspecified atom stereocenters. The van der Waals surface area contributed by atoms with Crippen molar-refractivity contribution >= 4 is 33.0 Å². The Balaban J connectivity index is 1.89. The Kier molecular flexibility index (Phi) is 6.47. The highest BCUT2D eigenvalue weighted by atomic mass is 32.2. The van der Waals surface area contributed by atoms with Gasteiger partial charge in [-0.25, -0.2) is 40.9 Å². The lowest BCUT2D eigenvalue weighted by Gasteiger charge is -2.14. The van der Waals surface area contributed by atoms with Crippen LogP contribution in [0, 0.1) is 23.3 Å². The summed E-state index contributed by atoms with van der Waals surface area (Å²) in [5.41, 5.74) is 4.00. The van der Waals surface area contributed by atoms with Crippen LogP contribution in [-0.4, -0.2) is 23.4 Å². The van der Waals surface area contributed by atoms with Gasteiger partial charge in [0.15, 0.2) is 5.82 Å². The number of hydrogen-bond donors (Lipinski definition) is 2. The number of nitrogens with two attached hydrogens (primary N) is 1. The maximum atomic E-state index is 15.7. The van der Waals surface area contributed by atoms with Gasteiger partial charge in [-0.2, -0.15) is 0 Å². The number of nitrogen functional groups attached to an aromatic ring is 1. The molecule has 0 radical (unpaired) electrons. The Labute approximate surface area is 208 Å². The van der Waals surface area contributed by atoms with Crippen LogP contribution in [-0.2, 0) is 15.4 Å². The topological polar surface area (TPSA) is 111 Å². The van der Waals surface area contributed by atoms with Gasteiger partial charge in [-0.15, -0.1) is 11.3 Å². The second kappa shape index (κ2) is 9.13. The molecule has 0 aliphatic heterocycles. The second-order valence-electron chi connectivity index (χ2n) is 8.71. The molecule has 36 heavy (non-hydrogen) atoms. The smallest absolute Gasteiger partial charge is 0.265 e. The van der Waals surface area contributed by atoms with E-state index >= 15 is 8.78 Å². The van der Waals surface area contributed by atoms with E-state index < -0.39 is 54.9 Å². The van der Waals surface area contributed by atoms with Gasteiger partial charge in [0.05, 0.1) is 32.5 Å². The SMILES string of the molecule is CC(C)(C)c1nc(-c2c(F)ccc(NS(=O)(=O)c3cc(F)ccc3F)c2F)c(-c2ccnc(N)n2)s1. The fourth-order valence-corrected chi connectivity index (χ4v) is 5.46. The molecule has 13 heteroatoms. The minimum atomic E-state index is -4.77. The molecule has 4 rings (SSSR count). The summed E-state index contributed by atoms with van der Waals surface area (Å²) in [4.78, 5) is 11.6. The Bertz CT molecular complexity index is 1580. The molecule has 7 nitrogen and oxygen atoms in total. The first-order valence-electron chi connectivity index (χ1n) is 10.3. The summed E-state index contributed by atoms with van der Waals surface area (Å²) in [6.45, 7) is 5.58. The Morgan fingerprint density at radius 2 is 1.67 bits per heavy atom. The normalized spacial score (nSPS) is 12.1. The van der Waals surface area contributed by atoms with Gasteiger partial charge in [-0.1, -0.05) is 20.8 Å². The summed E-state index contributed by atoms with van der Waals surface area (Å²) < 4.78 is 85.7. The van der Waals surface area contributed by atoms with Crippen molar-refractivity contribution in [3.05, 3.63) is 70.9 Å². The molecule has 2 heterocycles. The molecule has 188 valence electrons. The average molecular weight is 538 g/mol. The molecule has 2 aromatic heterocycles. The maximum Gasteiger partial charge on any atom is 0.265 e. The van der Waals surface area contributed by atoms with E-state index in [9.17, 15) is 17.2 Å². The molecule has 2 aromatic carbocycles. The maximum absolute atomic E-state index is 15.7. The fraction of sp³-hybridized carbons (Fsp3) is 0.174. The molecule has 0 amide bonds. The molecule has 0 saturated carbocycles. The van der Waals surface area contributed by atoms with Gasteiger partial charge < -0.3 is 5.73 Å². The van der Waals surface area contributed by atoms with Gasteiger partial charge in [0.25, 0.3) is 10.0 Å². The van der Waals surface area contributed by atoms with E-state index in [2.05, 4.69) is 15.0 Å². The number of nitrogens with one attached hydrogen (secondary N) is 1. The predicted molar refractivity (Wildman–Crippen MR) is 129 cm³/mol. The summed E-state index contributed by atoms with van der Waals surface area (Å²) in [6.07, 6.45) is 1.38. The quantitative estimate of drug-likeness (QED) is 0.325. The Morgan fingerprint density at radius 3 is 2.33 bits per heavy atom. The van der Waals surface area contributed by atoms with Gasteiger partial charge in [0.2, 0.25) is 5.95 Å². The van der Waals surface area contributed by atoms with Gasteiger partial charge in [-0.3, -0.25) is 4.72 Å². The number of aromatic nitrogens is 3. The first-order chi connectivity index (χ1) is 16.8. The first kappa shape index (κ1) is 25.5. The van der Waals surface area contributed by atoms with Crippen molar-refractivity contribution in [2.75, 3.05) is 10.5 Å². The molecule has 0 aliphatic rings. The predicted octanol–water partition coefficient (Wildman–Crippen LogP) is 5.50. The zero-order valence-electron chi connectivity index (χ0n) is 19.1. The lowest BCUT2D eigenvalue weighted by atomic mass is 9.98. The molecular formula is C23H19F4N5O2S2. The summed E-state index contributed by atoms with van der Waals surface area (Å²) >= 11 is 1.14. The van der Waals surface area contributed by atoms with Crippen molar-refractivity contribution in [1.82, 2.24) is 15.0 Å². The number of hydrogen-bond acceptors (Lipinski definition) is 7. The number of anilines is 2. The van der Waals surface area contributed by atoms with Crippen molar-refractivity contribution in [1.29, 1.82) is 0 Å². The van der Waals surface area contributed by atoms with Crippen LogP contribution in [0.2, 0.25) is 0 Å². The monoisotopic (exact) mass is 537 g/mol. The van der Waals surface area contributed by atoms with Crippen molar-refractivity contribution in [2.45, 2.75) is 31.1 Å². The van der Waals surface area contributed by atoms with Crippen LogP contribution >= 0.6 is 11.3 Å². The average Bonchev–Trinajstić information content (AvgIpc) is 3.23. The lowest BCUT2D eigenvalue weighted by molar-refractivity contribution is 0.554. The highest BCUT2D eigenvalue weighted by Crippen LogP contribution is 2.43. The fourth-order valence-electron chi connectivity index (χ4n) is 3.22. The van der Waals surface area contributed by atoms with Crippen molar-refractivity contribution in [3.63, 3.8) is 0 Å². The number of thiazole rings is 1. The highest BCUT2D eigenvalue weighted by molar-refractivity contribution is 7.92. The third kappa shape index (κ3) is 4.88. The van der Waals surface area contributed by atoms with Crippen LogP contribution in [0.4, 0.5) is 29.2 Å². The molecule has 3 N–H and O–H groups in total. The van der Waals surface area contributed by atoms with Crippen LogP contribution in [0.3, 0.4) is 0 Å². The van der Waals surface area contributed by atoms with Crippen molar-refractivity contribution in [2.24, 2.45) is 0 Å². The first-order valence-corrected chi connectivity index (χ1v) is 12.6. The number of benzene rings is 2. The van der Waals surface area contributed by atoms with E-state index in [0.29, 0.717) is 17.1 Å². The van der Waals surface area contributed by atoms with Gasteiger partial charge in [0.1, 0.15) is 22.3 Å². The van der Waals surface area contributed by atoms with Crippen molar-refractivity contribution in [3.8, 4) is 21.8 Å². The van der Waals surface area contributed by atoms with Crippen molar-refractivity contribution < 1.29 is 26.0 Å². The van der Waals surface area contributed by atoms with Gasteiger partial charge >= 0.3 is 0 Å². The van der Waals surface area contributed by atoms with E-state index in [1.165, 1.54) is 12.3 Å². The number of nitrogens with zero attached hydrogens (tertiary/aromatic N) is 3. The minimum Gasteiger partial charge on any atom is -0.368 e. The van der Waals surface area contributed by atoms with E-state index in [0.717, 1.165) is 29.5 Å². The summed E-state index contributed by atoms with van der Waals surface area (Å²) in [7, 11) is -4.77. The van der Waals surface area contributed by atoms with E-state index in [4.69, 9.17) is 5.73 Å². The number of sulfonamides is 1. The molecule has 0 aliphatic carbocycles. The highest BCUT2D eigenvalue weighted by Gasteiger charge is 2.29. The Hall–Kier alpha value is -3.58. The van der Waals surface area contributed by atoms with Crippen LogP contribution in [0.5, 0.6) is 0 Å². The van der Waals surface area contributed by atoms with Gasteiger partial charge in [-0.05, 0) is 36.4 Å². The summed E-state index contributed by atoms with van der Waals surface area (Å²) in [6, 6.07) is 4.98. The van der Waals surface area contributed by atoms with Crippen LogP contribution in [0.25, 0.3) is 21.8 Å². The summed E-state index contributed by atoms with van der Waals surface area (Å²) in [5.74, 6) is -4.65. The molecule has 0 spiro atoms. The van der Waals surface area contributed by atoms with Crippen LogP contribution < -0.4 is 10.5 Å². The van der Waals surface area contributed by atoms with E-state index in [-0.39, 0.29) is 22.2 Å². The zero-order valence-corrected chi connectivity index (χ0v) is 20.7. The molecular weight excluding hydrogens is 518 g/mol. The number of rotatable bonds is 5. The third-order valence-corrected chi connectivity index (χ3v) is 7.81. The molecule has 4 aromatic rings. The molecule has 0 bridgehead atoms.